The van der Waals surface area contributed by atoms with Gasteiger partial charge in [0, 0.05) is 13.6 Å². The maximum Gasteiger partial charge on any atom is 0.238 e. The summed E-state index contributed by atoms with van der Waals surface area (Å²) in [5.41, 5.74) is 5.43. The number of carbonyl (C=O) groups is 1. The molecule has 72 valence electrons. The minimum absolute atomic E-state index is 0.00565. The molecule has 0 spiro atoms. The van der Waals surface area contributed by atoms with Gasteiger partial charge in [0.25, 0.3) is 0 Å². The third-order valence-corrected chi connectivity index (χ3v) is 1.69. The van der Waals surface area contributed by atoms with Crippen LogP contribution in [-0.2, 0) is 4.79 Å². The molecule has 0 radical (unpaired) electrons. The minimum atomic E-state index is -0.385. The molecule has 0 aromatic carbocycles. The van der Waals surface area contributed by atoms with Gasteiger partial charge in [-0.2, -0.15) is 0 Å². The van der Waals surface area contributed by atoms with Crippen molar-refractivity contribution in [3.63, 3.8) is 0 Å². The summed E-state index contributed by atoms with van der Waals surface area (Å²) in [7, 11) is 3.68. The molecule has 0 unspecified atom stereocenters. The fourth-order valence-electron chi connectivity index (χ4n) is 0.951. The number of amides is 1. The van der Waals surface area contributed by atoms with Crippen molar-refractivity contribution in [3.8, 4) is 0 Å². The number of likely N-dealkylation sites (N-methyl/N-ethyl adjacent to an activating group) is 1. The van der Waals surface area contributed by atoms with Gasteiger partial charge < -0.3 is 16.0 Å². The van der Waals surface area contributed by atoms with E-state index in [4.69, 9.17) is 5.73 Å². The lowest BCUT2D eigenvalue weighted by Crippen LogP contribution is -2.40. The number of nitrogens with two attached hydrogens (primary N) is 1. The summed E-state index contributed by atoms with van der Waals surface area (Å²) >= 11 is 0. The Bertz CT molecular complexity index is 136. The second-order valence-electron chi connectivity index (χ2n) is 3.01. The predicted molar refractivity (Wildman–Crippen MR) is 49.8 cm³/mol. The summed E-state index contributed by atoms with van der Waals surface area (Å²) in [4.78, 5) is 12.9. The summed E-state index contributed by atoms with van der Waals surface area (Å²) in [6.45, 7) is 3.40. The highest BCUT2D eigenvalue weighted by Crippen LogP contribution is 1.90. The van der Waals surface area contributed by atoms with Gasteiger partial charge in [0.05, 0.1) is 6.04 Å². The number of rotatable bonds is 5. The Labute approximate surface area is 74.1 Å². The molecule has 0 saturated carbocycles. The van der Waals surface area contributed by atoms with E-state index in [0.29, 0.717) is 0 Å². The van der Waals surface area contributed by atoms with Gasteiger partial charge in [-0.1, -0.05) is 0 Å². The van der Waals surface area contributed by atoms with Crippen molar-refractivity contribution in [1.82, 2.24) is 10.2 Å². The molecule has 4 heteroatoms. The first-order valence-electron chi connectivity index (χ1n) is 4.24. The number of carbonyl (C=O) groups excluding carboxylic acids is 1. The van der Waals surface area contributed by atoms with Gasteiger partial charge in [-0.25, -0.2) is 0 Å². The van der Waals surface area contributed by atoms with Gasteiger partial charge in [-0.05, 0) is 26.9 Å². The molecule has 12 heavy (non-hydrogen) atoms. The Morgan fingerprint density at radius 3 is 2.67 bits per heavy atom. The highest BCUT2D eigenvalue weighted by molar-refractivity contribution is 5.80. The molecule has 1 atom stereocenters. The van der Waals surface area contributed by atoms with Gasteiger partial charge in [-0.3, -0.25) is 4.79 Å². The zero-order valence-corrected chi connectivity index (χ0v) is 8.13. The molecule has 0 rings (SSSR count). The summed E-state index contributed by atoms with van der Waals surface area (Å²) in [6.07, 6.45) is 0.964. The average molecular weight is 173 g/mol. The minimum Gasteiger partial charge on any atom is -0.344 e. The lowest BCUT2D eigenvalue weighted by atomic mass is 10.3. The molecule has 3 N–H and O–H groups in total. The van der Waals surface area contributed by atoms with E-state index in [1.54, 1.807) is 18.9 Å². The van der Waals surface area contributed by atoms with E-state index in [1.807, 2.05) is 7.05 Å². The van der Waals surface area contributed by atoms with Crippen LogP contribution in [-0.4, -0.2) is 44.0 Å². The van der Waals surface area contributed by atoms with Gasteiger partial charge in [0.1, 0.15) is 0 Å². The van der Waals surface area contributed by atoms with Crippen molar-refractivity contribution in [2.45, 2.75) is 19.4 Å². The maximum atomic E-state index is 11.2. The molecule has 0 saturated heterocycles. The fraction of sp³-hybridized carbons (Fsp3) is 0.875. The monoisotopic (exact) mass is 173 g/mol. The molecule has 0 fully saturated rings. The lowest BCUT2D eigenvalue weighted by Gasteiger charge is -2.18. The van der Waals surface area contributed by atoms with Crippen LogP contribution in [0.5, 0.6) is 0 Å². The van der Waals surface area contributed by atoms with Crippen LogP contribution >= 0.6 is 0 Å². The number of nitrogens with one attached hydrogen (secondary N) is 1. The molecule has 0 aliphatic carbocycles. The number of hydrogen-bond acceptors (Lipinski definition) is 3. The molecule has 0 aromatic heterocycles. The van der Waals surface area contributed by atoms with Crippen LogP contribution in [0.15, 0.2) is 0 Å². The Morgan fingerprint density at radius 2 is 2.25 bits per heavy atom. The van der Waals surface area contributed by atoms with Crippen LogP contribution in [0.25, 0.3) is 0 Å². The van der Waals surface area contributed by atoms with Gasteiger partial charge in [0.2, 0.25) is 5.91 Å². The molecule has 1 amide bonds. The maximum absolute atomic E-state index is 11.2. The second kappa shape index (κ2) is 5.97. The van der Waals surface area contributed by atoms with E-state index in [0.717, 1.165) is 19.5 Å². The Hall–Kier alpha value is -0.610. The molecule has 0 bridgehead atoms. The second-order valence-corrected chi connectivity index (χ2v) is 3.01. The first-order valence-corrected chi connectivity index (χ1v) is 4.24. The van der Waals surface area contributed by atoms with E-state index in [-0.39, 0.29) is 11.9 Å². The van der Waals surface area contributed by atoms with Gasteiger partial charge in [-0.15, -0.1) is 0 Å². The Morgan fingerprint density at radius 1 is 1.67 bits per heavy atom. The first-order chi connectivity index (χ1) is 5.59. The van der Waals surface area contributed by atoms with Gasteiger partial charge >= 0.3 is 0 Å². The van der Waals surface area contributed by atoms with Crippen molar-refractivity contribution in [1.29, 1.82) is 0 Å². The Kier molecular flexibility index (Phi) is 5.66. The third-order valence-electron chi connectivity index (χ3n) is 1.69. The molecular weight excluding hydrogens is 154 g/mol. The van der Waals surface area contributed by atoms with E-state index in [1.165, 1.54) is 0 Å². The standard InChI is InChI=1S/C8H19N3O/c1-7(9)8(12)11(3)6-4-5-10-2/h7,10H,4-6,9H2,1-3H3/t7-/m0/s1. The lowest BCUT2D eigenvalue weighted by molar-refractivity contribution is -0.130. The third kappa shape index (κ3) is 4.31. The summed E-state index contributed by atoms with van der Waals surface area (Å²) in [5.74, 6) is 0.00565. The van der Waals surface area contributed by atoms with Gasteiger partial charge in [0.15, 0.2) is 0 Å². The van der Waals surface area contributed by atoms with Crippen LogP contribution in [0.2, 0.25) is 0 Å². The van der Waals surface area contributed by atoms with Crippen molar-refractivity contribution >= 4 is 5.91 Å². The first kappa shape index (κ1) is 11.4. The van der Waals surface area contributed by atoms with Crippen molar-refractivity contribution in [2.24, 2.45) is 5.73 Å². The predicted octanol–water partition coefficient (Wildman–Crippen LogP) is -0.598. The largest absolute Gasteiger partial charge is 0.344 e. The van der Waals surface area contributed by atoms with Crippen LogP contribution in [0.4, 0.5) is 0 Å². The fourth-order valence-corrected chi connectivity index (χ4v) is 0.951. The molecular formula is C8H19N3O. The zero-order chi connectivity index (χ0) is 9.56. The molecule has 0 heterocycles. The van der Waals surface area contributed by atoms with Crippen LogP contribution in [0, 0.1) is 0 Å². The average Bonchev–Trinajstić information content (AvgIpc) is 2.03. The van der Waals surface area contributed by atoms with Crippen molar-refractivity contribution in [2.75, 3.05) is 27.2 Å². The highest BCUT2D eigenvalue weighted by atomic mass is 16.2. The SMILES string of the molecule is CNCCCN(C)C(=O)[C@H](C)N. The summed E-state index contributed by atoms with van der Waals surface area (Å²) in [6, 6.07) is -0.385. The van der Waals surface area contributed by atoms with E-state index in [9.17, 15) is 4.79 Å². The molecule has 0 aliphatic heterocycles. The topological polar surface area (TPSA) is 58.4 Å². The highest BCUT2D eigenvalue weighted by Gasteiger charge is 2.11. The normalized spacial score (nSPS) is 12.7. The summed E-state index contributed by atoms with van der Waals surface area (Å²) in [5, 5.41) is 3.02. The molecule has 0 aliphatic rings. The van der Waals surface area contributed by atoms with Crippen LogP contribution in [0.3, 0.4) is 0 Å². The number of nitrogens with zero attached hydrogens (tertiary/aromatic N) is 1. The smallest absolute Gasteiger partial charge is 0.238 e. The molecule has 0 aromatic rings. The van der Waals surface area contributed by atoms with Crippen molar-refractivity contribution < 1.29 is 4.79 Å². The number of hydrogen-bond donors (Lipinski definition) is 2. The van der Waals surface area contributed by atoms with E-state index >= 15 is 0 Å². The van der Waals surface area contributed by atoms with Crippen molar-refractivity contribution in [3.05, 3.63) is 0 Å². The summed E-state index contributed by atoms with van der Waals surface area (Å²) < 4.78 is 0. The quantitative estimate of drug-likeness (QED) is 0.546. The van der Waals surface area contributed by atoms with E-state index < -0.39 is 0 Å². The van der Waals surface area contributed by atoms with E-state index in [2.05, 4.69) is 5.32 Å². The zero-order valence-electron chi connectivity index (χ0n) is 8.13. The molecule has 4 nitrogen and oxygen atoms in total. The van der Waals surface area contributed by atoms with Crippen LogP contribution < -0.4 is 11.1 Å². The Balaban J connectivity index is 3.57. The van der Waals surface area contributed by atoms with Crippen LogP contribution in [0.1, 0.15) is 13.3 Å².